The fourth-order valence-electron chi connectivity index (χ4n) is 4.33. The highest BCUT2D eigenvalue weighted by Gasteiger charge is 2.40. The molecule has 0 radical (unpaired) electrons. The topological polar surface area (TPSA) is 74.6 Å². The van der Waals surface area contributed by atoms with Crippen molar-refractivity contribution in [3.63, 3.8) is 0 Å². The Morgan fingerprint density at radius 2 is 0.840 bits per heavy atom. The maximum absolute atomic E-state index is 10.3. The van der Waals surface area contributed by atoms with Crippen molar-refractivity contribution in [1.29, 1.82) is 0 Å². The van der Waals surface area contributed by atoms with Crippen LogP contribution in [0, 0.1) is 0 Å². The van der Waals surface area contributed by atoms with Crippen LogP contribution in [0.15, 0.2) is 24.3 Å². The van der Waals surface area contributed by atoms with Crippen LogP contribution in [0.3, 0.4) is 0 Å². The Bertz CT molecular complexity index is 489. The van der Waals surface area contributed by atoms with Gasteiger partial charge in [0.05, 0.1) is 35.3 Å². The Hall–Kier alpha value is -1.88. The Morgan fingerprint density at radius 1 is 0.640 bits per heavy atom. The number of hydrogen-bond donors (Lipinski definition) is 2. The molecule has 0 aliphatic heterocycles. The van der Waals surface area contributed by atoms with Crippen molar-refractivity contribution in [2.24, 2.45) is 0 Å². The lowest BCUT2D eigenvalue weighted by atomic mass is 10.0. The summed E-state index contributed by atoms with van der Waals surface area (Å²) in [7, 11) is 0. The first-order chi connectivity index (χ1) is 11.4. The van der Waals surface area contributed by atoms with Gasteiger partial charge < -0.3 is 14.7 Å². The van der Waals surface area contributed by atoms with Crippen molar-refractivity contribution >= 4 is 11.9 Å². The summed E-state index contributed by atoms with van der Waals surface area (Å²) in [5, 5.41) is 16.9. The van der Waals surface area contributed by atoms with E-state index >= 15 is 0 Å². The molecule has 0 aliphatic rings. The molecule has 1 aromatic carbocycles. The molecule has 0 amide bonds. The lowest BCUT2D eigenvalue weighted by Crippen LogP contribution is -2.65. The molecular formula is C20H34NO4+. The zero-order valence-electron chi connectivity index (χ0n) is 16.8. The molecule has 5 heteroatoms. The molecule has 5 nitrogen and oxygen atoms in total. The highest BCUT2D eigenvalue weighted by molar-refractivity contribution is 5.91. The third-order valence-electron chi connectivity index (χ3n) is 4.96. The highest BCUT2D eigenvalue weighted by atomic mass is 16.4. The van der Waals surface area contributed by atoms with E-state index in [4.69, 9.17) is 10.2 Å². The lowest BCUT2D eigenvalue weighted by Gasteiger charge is -2.52. The van der Waals surface area contributed by atoms with Crippen LogP contribution in [0.4, 0.5) is 0 Å². The standard InChI is InChI=1S/C12H28N.C8H6O4/c1-9(2)13(10(3)4,11(5)6)12(7)8;9-7(10)5-1-2-6(4-3-5)8(11)12/h9-12H,1-8H3;1-4H,(H,9,10)(H,11,12)/q+1;. The zero-order valence-corrected chi connectivity index (χ0v) is 16.8. The maximum atomic E-state index is 10.3. The van der Waals surface area contributed by atoms with E-state index in [2.05, 4.69) is 55.4 Å². The van der Waals surface area contributed by atoms with Crippen molar-refractivity contribution in [2.75, 3.05) is 0 Å². The fourth-order valence-corrected chi connectivity index (χ4v) is 4.33. The van der Waals surface area contributed by atoms with E-state index in [1.165, 1.54) is 28.7 Å². The van der Waals surface area contributed by atoms with Crippen LogP contribution in [0.1, 0.15) is 76.1 Å². The molecule has 25 heavy (non-hydrogen) atoms. The largest absolute Gasteiger partial charge is 0.478 e. The Morgan fingerprint density at radius 3 is 0.920 bits per heavy atom. The Labute approximate surface area is 151 Å². The summed E-state index contributed by atoms with van der Waals surface area (Å²) in [6.07, 6.45) is 0. The molecule has 2 N–H and O–H groups in total. The van der Waals surface area contributed by atoms with Gasteiger partial charge in [-0.2, -0.15) is 0 Å². The molecule has 0 saturated heterocycles. The second kappa shape index (κ2) is 9.56. The zero-order chi connectivity index (χ0) is 19.9. The van der Waals surface area contributed by atoms with E-state index in [9.17, 15) is 9.59 Å². The van der Waals surface area contributed by atoms with Gasteiger partial charge in [0.1, 0.15) is 0 Å². The van der Waals surface area contributed by atoms with Gasteiger partial charge in [0.25, 0.3) is 0 Å². The number of nitrogens with zero attached hydrogens (tertiary/aromatic N) is 1. The first-order valence-corrected chi connectivity index (χ1v) is 8.83. The van der Waals surface area contributed by atoms with Gasteiger partial charge in [-0.05, 0) is 79.7 Å². The minimum atomic E-state index is -1.06. The Balaban J connectivity index is 0.000000462. The van der Waals surface area contributed by atoms with Gasteiger partial charge >= 0.3 is 11.9 Å². The maximum Gasteiger partial charge on any atom is 0.335 e. The number of aromatic carboxylic acids is 2. The minimum Gasteiger partial charge on any atom is -0.478 e. The van der Waals surface area contributed by atoms with Crippen LogP contribution in [-0.4, -0.2) is 50.8 Å². The van der Waals surface area contributed by atoms with Crippen molar-refractivity contribution in [3.8, 4) is 0 Å². The van der Waals surface area contributed by atoms with Crippen LogP contribution >= 0.6 is 0 Å². The van der Waals surface area contributed by atoms with E-state index < -0.39 is 11.9 Å². The van der Waals surface area contributed by atoms with Crippen LogP contribution in [0.25, 0.3) is 0 Å². The monoisotopic (exact) mass is 352 g/mol. The number of rotatable bonds is 6. The molecule has 1 aromatic rings. The second-order valence-corrected chi connectivity index (χ2v) is 7.46. The third kappa shape index (κ3) is 5.56. The van der Waals surface area contributed by atoms with Crippen molar-refractivity contribution in [1.82, 2.24) is 0 Å². The SMILES string of the molecule is CC(C)[N+](C(C)C)(C(C)C)C(C)C.O=C(O)c1ccc(C(=O)O)cc1. The summed E-state index contributed by atoms with van der Waals surface area (Å²) in [5.41, 5.74) is 0.167. The predicted octanol–water partition coefficient (Wildman–Crippen LogP) is 4.52. The summed E-state index contributed by atoms with van der Waals surface area (Å²) in [4.78, 5) is 20.7. The summed E-state index contributed by atoms with van der Waals surface area (Å²) in [6.45, 7) is 18.8. The summed E-state index contributed by atoms with van der Waals surface area (Å²) < 4.78 is 1.22. The summed E-state index contributed by atoms with van der Waals surface area (Å²) >= 11 is 0. The molecule has 0 aromatic heterocycles. The van der Waals surface area contributed by atoms with Crippen LogP contribution < -0.4 is 0 Å². The van der Waals surface area contributed by atoms with Crippen molar-refractivity contribution < 1.29 is 24.3 Å². The molecule has 0 heterocycles. The molecule has 1 rings (SSSR count). The van der Waals surface area contributed by atoms with Crippen LogP contribution in [0.5, 0.6) is 0 Å². The summed E-state index contributed by atoms with van der Waals surface area (Å²) in [6, 6.07) is 7.86. The van der Waals surface area contributed by atoms with Gasteiger partial charge in [-0.25, -0.2) is 9.59 Å². The molecule has 0 unspecified atom stereocenters. The molecule has 0 spiro atoms. The molecule has 0 bridgehead atoms. The molecule has 0 aliphatic carbocycles. The quantitative estimate of drug-likeness (QED) is 0.738. The number of quaternary nitrogens is 1. The van der Waals surface area contributed by atoms with Gasteiger partial charge in [-0.1, -0.05) is 0 Å². The average molecular weight is 352 g/mol. The first kappa shape index (κ1) is 23.1. The predicted molar refractivity (Wildman–Crippen MR) is 101 cm³/mol. The number of carbonyl (C=O) groups is 2. The van der Waals surface area contributed by atoms with Crippen LogP contribution in [0.2, 0.25) is 0 Å². The van der Waals surface area contributed by atoms with E-state index in [1.54, 1.807) is 0 Å². The number of hydrogen-bond acceptors (Lipinski definition) is 2. The Kier molecular flexibility index (Phi) is 8.84. The van der Waals surface area contributed by atoms with E-state index in [0.717, 1.165) is 0 Å². The van der Waals surface area contributed by atoms with Gasteiger partial charge in [0.2, 0.25) is 0 Å². The normalized spacial score (nSPS) is 11.7. The van der Waals surface area contributed by atoms with E-state index in [-0.39, 0.29) is 11.1 Å². The van der Waals surface area contributed by atoms with Gasteiger partial charge in [0, 0.05) is 0 Å². The van der Waals surface area contributed by atoms with E-state index in [0.29, 0.717) is 24.2 Å². The number of carboxylic acid groups (broad SMARTS) is 2. The lowest BCUT2D eigenvalue weighted by molar-refractivity contribution is -1.00. The number of carboxylic acids is 2. The average Bonchev–Trinajstić information content (AvgIpc) is 2.46. The molecule has 0 fully saturated rings. The van der Waals surface area contributed by atoms with Crippen molar-refractivity contribution in [3.05, 3.63) is 35.4 Å². The molecule has 0 saturated carbocycles. The second-order valence-electron chi connectivity index (χ2n) is 7.46. The molecular weight excluding hydrogens is 318 g/mol. The van der Waals surface area contributed by atoms with Crippen molar-refractivity contribution in [2.45, 2.75) is 79.6 Å². The molecule has 0 atom stereocenters. The minimum absolute atomic E-state index is 0.0833. The first-order valence-electron chi connectivity index (χ1n) is 8.83. The summed E-state index contributed by atoms with van der Waals surface area (Å²) in [5.74, 6) is -2.13. The van der Waals surface area contributed by atoms with E-state index in [1.807, 2.05) is 0 Å². The van der Waals surface area contributed by atoms with Gasteiger partial charge in [0.15, 0.2) is 0 Å². The van der Waals surface area contributed by atoms with Gasteiger partial charge in [-0.3, -0.25) is 0 Å². The van der Waals surface area contributed by atoms with Crippen LogP contribution in [-0.2, 0) is 0 Å². The smallest absolute Gasteiger partial charge is 0.335 e. The third-order valence-corrected chi connectivity index (χ3v) is 4.96. The fraction of sp³-hybridized carbons (Fsp3) is 0.600. The van der Waals surface area contributed by atoms with Gasteiger partial charge in [-0.15, -0.1) is 0 Å². The number of benzene rings is 1. The molecule has 142 valence electrons. The highest BCUT2D eigenvalue weighted by Crippen LogP contribution is 2.28.